The van der Waals surface area contributed by atoms with Crippen molar-refractivity contribution >= 4 is 11.8 Å². The first-order valence-electron chi connectivity index (χ1n) is 8.63. The summed E-state index contributed by atoms with van der Waals surface area (Å²) in [6, 6.07) is 15.1. The van der Waals surface area contributed by atoms with E-state index in [0.29, 0.717) is 17.1 Å². The fraction of sp³-hybridized carbons (Fsp3) is 0.300. The van der Waals surface area contributed by atoms with E-state index in [1.54, 1.807) is 18.2 Å². The smallest absolute Gasteiger partial charge is 0.251 e. The Hall–Kier alpha value is -3.02. The molecule has 3 rings (SSSR count). The Kier molecular flexibility index (Phi) is 5.73. The highest BCUT2D eigenvalue weighted by atomic mass is 16.7. The summed E-state index contributed by atoms with van der Waals surface area (Å²) in [4.78, 5) is 24.2. The van der Waals surface area contributed by atoms with Gasteiger partial charge in [-0.15, -0.1) is 0 Å². The number of fused-ring (bicyclic) bond motifs is 1. The fourth-order valence-electron chi connectivity index (χ4n) is 2.73. The SMILES string of the molecule is C[C@H](CCc1ccccc1)NC(=O)CNC(=O)c1ccc2c(c1)OCO2. The highest BCUT2D eigenvalue weighted by Gasteiger charge is 2.17. The number of aryl methyl sites for hydroxylation is 1. The van der Waals surface area contributed by atoms with Crippen LogP contribution in [-0.2, 0) is 11.2 Å². The lowest BCUT2D eigenvalue weighted by Gasteiger charge is -2.14. The lowest BCUT2D eigenvalue weighted by molar-refractivity contribution is -0.120. The first-order chi connectivity index (χ1) is 12.6. The van der Waals surface area contributed by atoms with Crippen molar-refractivity contribution in [3.8, 4) is 11.5 Å². The van der Waals surface area contributed by atoms with E-state index in [9.17, 15) is 9.59 Å². The van der Waals surface area contributed by atoms with Crippen molar-refractivity contribution in [3.05, 3.63) is 59.7 Å². The fourth-order valence-corrected chi connectivity index (χ4v) is 2.73. The zero-order valence-corrected chi connectivity index (χ0v) is 14.7. The van der Waals surface area contributed by atoms with Crippen LogP contribution in [0.4, 0.5) is 0 Å². The standard InChI is InChI=1S/C20H22N2O4/c1-14(7-8-15-5-3-2-4-6-15)22-19(23)12-21-20(24)16-9-10-17-18(11-16)26-13-25-17/h2-6,9-11,14H,7-8,12-13H2,1H3,(H,21,24)(H,22,23)/t14-/m1/s1. The number of hydrogen-bond donors (Lipinski definition) is 2. The van der Waals surface area contributed by atoms with Crippen LogP contribution in [0.15, 0.2) is 48.5 Å². The molecule has 0 radical (unpaired) electrons. The van der Waals surface area contributed by atoms with Gasteiger partial charge >= 0.3 is 0 Å². The van der Waals surface area contributed by atoms with Crippen molar-refractivity contribution in [3.63, 3.8) is 0 Å². The van der Waals surface area contributed by atoms with Crippen LogP contribution < -0.4 is 20.1 Å². The van der Waals surface area contributed by atoms with E-state index in [-0.39, 0.29) is 31.2 Å². The van der Waals surface area contributed by atoms with Gasteiger partial charge in [0.2, 0.25) is 12.7 Å². The molecule has 26 heavy (non-hydrogen) atoms. The Morgan fingerprint density at radius 3 is 2.65 bits per heavy atom. The Bertz CT molecular complexity index is 777. The van der Waals surface area contributed by atoms with E-state index in [2.05, 4.69) is 22.8 Å². The maximum atomic E-state index is 12.2. The van der Waals surface area contributed by atoms with Gasteiger partial charge in [0, 0.05) is 11.6 Å². The number of amides is 2. The third kappa shape index (κ3) is 4.75. The van der Waals surface area contributed by atoms with Gasteiger partial charge in [-0.3, -0.25) is 9.59 Å². The maximum Gasteiger partial charge on any atom is 0.251 e. The first kappa shape index (κ1) is 17.8. The van der Waals surface area contributed by atoms with Gasteiger partial charge in [-0.1, -0.05) is 30.3 Å². The lowest BCUT2D eigenvalue weighted by Crippen LogP contribution is -2.41. The molecular formula is C20H22N2O4. The minimum Gasteiger partial charge on any atom is -0.454 e. The summed E-state index contributed by atoms with van der Waals surface area (Å²) in [5.74, 6) is 0.623. The predicted octanol–water partition coefficient (Wildman–Crippen LogP) is 2.28. The van der Waals surface area contributed by atoms with Crippen LogP contribution in [0.1, 0.15) is 29.3 Å². The Morgan fingerprint density at radius 1 is 1.08 bits per heavy atom. The number of hydrogen-bond acceptors (Lipinski definition) is 4. The van der Waals surface area contributed by atoms with Gasteiger partial charge in [-0.2, -0.15) is 0 Å². The summed E-state index contributed by atoms with van der Waals surface area (Å²) in [5.41, 5.74) is 1.67. The molecule has 1 aliphatic heterocycles. The second kappa shape index (κ2) is 8.38. The van der Waals surface area contributed by atoms with Gasteiger partial charge in [-0.05, 0) is 43.5 Å². The number of carbonyl (C=O) groups excluding carboxylic acids is 2. The highest BCUT2D eigenvalue weighted by Crippen LogP contribution is 2.32. The summed E-state index contributed by atoms with van der Waals surface area (Å²) in [6.45, 7) is 2.05. The van der Waals surface area contributed by atoms with E-state index in [4.69, 9.17) is 9.47 Å². The predicted molar refractivity (Wildman–Crippen MR) is 97.3 cm³/mol. The van der Waals surface area contributed by atoms with E-state index >= 15 is 0 Å². The average Bonchev–Trinajstić information content (AvgIpc) is 3.13. The normalized spacial score (nSPS) is 13.1. The highest BCUT2D eigenvalue weighted by molar-refractivity contribution is 5.97. The zero-order chi connectivity index (χ0) is 18.4. The third-order valence-electron chi connectivity index (χ3n) is 4.16. The topological polar surface area (TPSA) is 76.7 Å². The van der Waals surface area contributed by atoms with Crippen molar-refractivity contribution in [1.29, 1.82) is 0 Å². The summed E-state index contributed by atoms with van der Waals surface area (Å²) < 4.78 is 10.5. The molecule has 1 heterocycles. The molecule has 0 spiro atoms. The summed E-state index contributed by atoms with van der Waals surface area (Å²) in [5, 5.41) is 5.52. The second-order valence-electron chi connectivity index (χ2n) is 6.24. The minimum atomic E-state index is -0.324. The zero-order valence-electron chi connectivity index (χ0n) is 14.7. The minimum absolute atomic E-state index is 0.0325. The number of benzene rings is 2. The Balaban J connectivity index is 1.41. The lowest BCUT2D eigenvalue weighted by atomic mass is 10.1. The molecule has 6 heteroatoms. The van der Waals surface area contributed by atoms with Crippen LogP contribution >= 0.6 is 0 Å². The van der Waals surface area contributed by atoms with Crippen LogP contribution in [0, 0.1) is 0 Å². The molecule has 2 aromatic carbocycles. The van der Waals surface area contributed by atoms with E-state index in [1.807, 2.05) is 25.1 Å². The van der Waals surface area contributed by atoms with Crippen molar-refractivity contribution < 1.29 is 19.1 Å². The van der Waals surface area contributed by atoms with E-state index in [1.165, 1.54) is 5.56 Å². The molecule has 0 bridgehead atoms. The summed E-state index contributed by atoms with van der Waals surface area (Å²) >= 11 is 0. The molecule has 0 unspecified atom stereocenters. The molecule has 0 aromatic heterocycles. The number of carbonyl (C=O) groups is 2. The molecule has 0 aliphatic carbocycles. The van der Waals surface area contributed by atoms with Gasteiger partial charge in [0.15, 0.2) is 11.5 Å². The van der Waals surface area contributed by atoms with Crippen LogP contribution in [0.3, 0.4) is 0 Å². The van der Waals surface area contributed by atoms with Crippen molar-refractivity contribution in [1.82, 2.24) is 10.6 Å². The van der Waals surface area contributed by atoms with Gasteiger partial charge in [-0.25, -0.2) is 0 Å². The van der Waals surface area contributed by atoms with Gasteiger partial charge in [0.1, 0.15) is 0 Å². The molecule has 0 saturated carbocycles. The maximum absolute atomic E-state index is 12.2. The molecule has 1 aliphatic rings. The molecule has 0 fully saturated rings. The summed E-state index contributed by atoms with van der Waals surface area (Å²) in [6.07, 6.45) is 1.73. The molecular weight excluding hydrogens is 332 g/mol. The molecule has 2 aromatic rings. The van der Waals surface area contributed by atoms with Crippen LogP contribution in [0.2, 0.25) is 0 Å². The molecule has 2 N–H and O–H groups in total. The van der Waals surface area contributed by atoms with Gasteiger partial charge in [0.05, 0.1) is 6.54 Å². The average molecular weight is 354 g/mol. The van der Waals surface area contributed by atoms with E-state index in [0.717, 1.165) is 12.8 Å². The molecule has 1 atom stereocenters. The quantitative estimate of drug-likeness (QED) is 0.800. The van der Waals surface area contributed by atoms with Crippen molar-refractivity contribution in [2.24, 2.45) is 0 Å². The van der Waals surface area contributed by atoms with Gasteiger partial charge in [0.25, 0.3) is 5.91 Å². The van der Waals surface area contributed by atoms with Crippen LogP contribution in [0.25, 0.3) is 0 Å². The molecule has 0 saturated heterocycles. The summed E-state index contributed by atoms with van der Waals surface area (Å²) in [7, 11) is 0. The third-order valence-corrected chi connectivity index (χ3v) is 4.16. The largest absolute Gasteiger partial charge is 0.454 e. The van der Waals surface area contributed by atoms with Crippen LogP contribution in [0.5, 0.6) is 11.5 Å². The van der Waals surface area contributed by atoms with E-state index < -0.39 is 0 Å². The number of nitrogens with one attached hydrogen (secondary N) is 2. The molecule has 2 amide bonds. The van der Waals surface area contributed by atoms with Crippen LogP contribution in [-0.4, -0.2) is 31.2 Å². The second-order valence-corrected chi connectivity index (χ2v) is 6.24. The monoisotopic (exact) mass is 354 g/mol. The molecule has 136 valence electrons. The van der Waals surface area contributed by atoms with Crippen molar-refractivity contribution in [2.75, 3.05) is 13.3 Å². The van der Waals surface area contributed by atoms with Gasteiger partial charge < -0.3 is 20.1 Å². The Labute approximate surface area is 152 Å². The Morgan fingerprint density at radius 2 is 1.85 bits per heavy atom. The number of rotatable bonds is 7. The first-order valence-corrected chi connectivity index (χ1v) is 8.63. The number of ether oxygens (including phenoxy) is 2. The molecule has 6 nitrogen and oxygen atoms in total. The van der Waals surface area contributed by atoms with Crippen molar-refractivity contribution in [2.45, 2.75) is 25.8 Å².